The van der Waals surface area contributed by atoms with Crippen molar-refractivity contribution in [2.45, 2.75) is 18.6 Å². The number of methoxy groups -OCH3 is 1. The highest BCUT2D eigenvalue weighted by Crippen LogP contribution is 2.24. The number of hydrogen-bond donors (Lipinski definition) is 2. The molecule has 0 bridgehead atoms. The van der Waals surface area contributed by atoms with Gasteiger partial charge in [-0.1, -0.05) is 30.3 Å². The molecular formula is C11H15NO3. The topological polar surface area (TPSA) is 72.5 Å². The van der Waals surface area contributed by atoms with E-state index in [0.717, 1.165) is 0 Å². The molecule has 1 aromatic rings. The van der Waals surface area contributed by atoms with E-state index in [2.05, 4.69) is 4.74 Å². The maximum absolute atomic E-state index is 11.3. The van der Waals surface area contributed by atoms with Crippen LogP contribution in [0.3, 0.4) is 0 Å². The smallest absolute Gasteiger partial charge is 0.339 e. The summed E-state index contributed by atoms with van der Waals surface area (Å²) >= 11 is 0. The molecule has 1 aromatic carbocycles. The van der Waals surface area contributed by atoms with E-state index >= 15 is 0 Å². The molecule has 0 aliphatic heterocycles. The zero-order chi connectivity index (χ0) is 11.5. The molecule has 0 unspecified atom stereocenters. The number of carbonyl (C=O) groups is 1. The first-order valence-corrected chi connectivity index (χ1v) is 4.61. The van der Waals surface area contributed by atoms with Gasteiger partial charge >= 0.3 is 5.97 Å². The Bertz CT molecular complexity index is 335. The zero-order valence-corrected chi connectivity index (χ0v) is 8.81. The van der Waals surface area contributed by atoms with Crippen LogP contribution in [-0.4, -0.2) is 23.8 Å². The molecule has 0 saturated carbocycles. The molecule has 0 fully saturated rings. The maximum Gasteiger partial charge on any atom is 0.339 e. The molecule has 2 atom stereocenters. The minimum atomic E-state index is -1.71. The summed E-state index contributed by atoms with van der Waals surface area (Å²) < 4.78 is 4.49. The number of rotatable bonds is 3. The van der Waals surface area contributed by atoms with Crippen LogP contribution in [0.25, 0.3) is 0 Å². The van der Waals surface area contributed by atoms with Gasteiger partial charge in [-0.15, -0.1) is 0 Å². The SMILES string of the molecule is COC(=O)[C@@](C)(O)[C@H](N)c1ccccc1. The number of ether oxygens (including phenoxy) is 1. The van der Waals surface area contributed by atoms with Crippen LogP contribution in [0.5, 0.6) is 0 Å². The van der Waals surface area contributed by atoms with E-state index in [1.807, 2.05) is 6.07 Å². The standard InChI is InChI=1S/C11H15NO3/c1-11(14,10(13)15-2)9(12)8-6-4-3-5-7-8/h3-7,9,14H,12H2,1-2H3/t9-,11+/m1/s1. The van der Waals surface area contributed by atoms with Crippen LogP contribution in [0.4, 0.5) is 0 Å². The molecule has 0 aliphatic carbocycles. The third-order valence-corrected chi connectivity index (χ3v) is 2.36. The Balaban J connectivity index is 2.94. The normalized spacial score (nSPS) is 16.5. The van der Waals surface area contributed by atoms with E-state index in [1.165, 1.54) is 14.0 Å². The van der Waals surface area contributed by atoms with Crippen molar-refractivity contribution in [2.24, 2.45) is 5.73 Å². The molecule has 0 radical (unpaired) electrons. The van der Waals surface area contributed by atoms with Crippen molar-refractivity contribution >= 4 is 5.97 Å². The molecule has 4 heteroatoms. The van der Waals surface area contributed by atoms with E-state index in [-0.39, 0.29) is 0 Å². The van der Waals surface area contributed by atoms with Gasteiger partial charge in [-0.2, -0.15) is 0 Å². The monoisotopic (exact) mass is 209 g/mol. The lowest BCUT2D eigenvalue weighted by atomic mass is 9.91. The van der Waals surface area contributed by atoms with Gasteiger partial charge in [-0.3, -0.25) is 0 Å². The lowest BCUT2D eigenvalue weighted by Gasteiger charge is -2.27. The van der Waals surface area contributed by atoms with Crippen LogP contribution in [0.15, 0.2) is 30.3 Å². The number of carbonyl (C=O) groups excluding carboxylic acids is 1. The van der Waals surface area contributed by atoms with Crippen molar-refractivity contribution in [3.05, 3.63) is 35.9 Å². The van der Waals surface area contributed by atoms with Gasteiger partial charge in [-0.05, 0) is 12.5 Å². The second-order valence-corrected chi connectivity index (χ2v) is 3.53. The second kappa shape index (κ2) is 4.42. The van der Waals surface area contributed by atoms with Crippen LogP contribution >= 0.6 is 0 Å². The summed E-state index contributed by atoms with van der Waals surface area (Å²) in [5.41, 5.74) is 4.77. The zero-order valence-electron chi connectivity index (χ0n) is 8.81. The van der Waals surface area contributed by atoms with Crippen molar-refractivity contribution in [1.82, 2.24) is 0 Å². The Hall–Kier alpha value is -1.39. The molecule has 0 amide bonds. The quantitative estimate of drug-likeness (QED) is 0.715. The van der Waals surface area contributed by atoms with Crippen LogP contribution in [-0.2, 0) is 9.53 Å². The fourth-order valence-corrected chi connectivity index (χ4v) is 1.32. The summed E-state index contributed by atoms with van der Waals surface area (Å²) in [4.78, 5) is 11.3. The van der Waals surface area contributed by atoms with Gasteiger partial charge in [0.15, 0.2) is 5.60 Å². The minimum Gasteiger partial charge on any atom is -0.467 e. The first-order chi connectivity index (χ1) is 7.00. The summed E-state index contributed by atoms with van der Waals surface area (Å²) in [6, 6.07) is 8.13. The van der Waals surface area contributed by atoms with Gasteiger partial charge in [0.05, 0.1) is 13.2 Å². The van der Waals surface area contributed by atoms with E-state index < -0.39 is 17.6 Å². The predicted octanol–water partition coefficient (Wildman–Crippen LogP) is 0.610. The lowest BCUT2D eigenvalue weighted by molar-refractivity contribution is -0.162. The molecule has 15 heavy (non-hydrogen) atoms. The summed E-state index contributed by atoms with van der Waals surface area (Å²) in [7, 11) is 1.22. The average Bonchev–Trinajstić information content (AvgIpc) is 2.28. The molecule has 0 saturated heterocycles. The van der Waals surface area contributed by atoms with Crippen LogP contribution in [0.2, 0.25) is 0 Å². The molecule has 0 heterocycles. The Morgan fingerprint density at radius 3 is 2.47 bits per heavy atom. The third-order valence-electron chi connectivity index (χ3n) is 2.36. The Morgan fingerprint density at radius 1 is 1.47 bits per heavy atom. The van der Waals surface area contributed by atoms with Gasteiger partial charge in [-0.25, -0.2) is 4.79 Å². The van der Waals surface area contributed by atoms with Crippen LogP contribution < -0.4 is 5.73 Å². The van der Waals surface area contributed by atoms with E-state index in [1.54, 1.807) is 24.3 Å². The summed E-state index contributed by atoms with van der Waals surface area (Å²) in [5, 5.41) is 9.91. The van der Waals surface area contributed by atoms with E-state index in [4.69, 9.17) is 5.73 Å². The summed E-state index contributed by atoms with van der Waals surface area (Å²) in [5.74, 6) is -0.737. The van der Waals surface area contributed by atoms with Crippen molar-refractivity contribution in [3.8, 4) is 0 Å². The fraction of sp³-hybridized carbons (Fsp3) is 0.364. The molecule has 82 valence electrons. The Kier molecular flexibility index (Phi) is 3.44. The molecule has 0 spiro atoms. The molecule has 0 aliphatic rings. The summed E-state index contributed by atoms with van der Waals surface area (Å²) in [6.07, 6.45) is 0. The average molecular weight is 209 g/mol. The number of hydrogen-bond acceptors (Lipinski definition) is 4. The molecule has 1 rings (SSSR count). The van der Waals surface area contributed by atoms with Crippen LogP contribution in [0.1, 0.15) is 18.5 Å². The molecule has 4 nitrogen and oxygen atoms in total. The summed E-state index contributed by atoms with van der Waals surface area (Å²) in [6.45, 7) is 1.34. The highest BCUT2D eigenvalue weighted by molar-refractivity contribution is 5.79. The van der Waals surface area contributed by atoms with Gasteiger partial charge in [0.1, 0.15) is 0 Å². The number of aliphatic hydroxyl groups is 1. The Morgan fingerprint density at radius 2 is 2.00 bits per heavy atom. The number of benzene rings is 1. The highest BCUT2D eigenvalue weighted by Gasteiger charge is 2.39. The number of esters is 1. The molecule has 0 aromatic heterocycles. The van der Waals surface area contributed by atoms with Crippen molar-refractivity contribution in [1.29, 1.82) is 0 Å². The predicted molar refractivity (Wildman–Crippen MR) is 56.0 cm³/mol. The van der Waals surface area contributed by atoms with E-state index in [9.17, 15) is 9.90 Å². The first-order valence-electron chi connectivity index (χ1n) is 4.61. The minimum absolute atomic E-state index is 0.688. The van der Waals surface area contributed by atoms with Crippen molar-refractivity contribution in [2.75, 3.05) is 7.11 Å². The fourth-order valence-electron chi connectivity index (χ4n) is 1.32. The van der Waals surface area contributed by atoms with E-state index in [0.29, 0.717) is 5.56 Å². The molecule has 3 N–H and O–H groups in total. The van der Waals surface area contributed by atoms with Crippen molar-refractivity contribution in [3.63, 3.8) is 0 Å². The van der Waals surface area contributed by atoms with Gasteiger partial charge < -0.3 is 15.6 Å². The van der Waals surface area contributed by atoms with Gasteiger partial charge in [0.2, 0.25) is 0 Å². The van der Waals surface area contributed by atoms with Crippen molar-refractivity contribution < 1.29 is 14.6 Å². The van der Waals surface area contributed by atoms with Gasteiger partial charge in [0.25, 0.3) is 0 Å². The maximum atomic E-state index is 11.3. The second-order valence-electron chi connectivity index (χ2n) is 3.53. The molecular weight excluding hydrogens is 194 g/mol. The largest absolute Gasteiger partial charge is 0.467 e. The van der Waals surface area contributed by atoms with Gasteiger partial charge in [0, 0.05) is 0 Å². The first kappa shape index (κ1) is 11.7. The third kappa shape index (κ3) is 2.34. The van der Waals surface area contributed by atoms with Crippen LogP contribution in [0, 0.1) is 0 Å². The Labute approximate surface area is 88.7 Å². The highest BCUT2D eigenvalue weighted by atomic mass is 16.5. The lowest BCUT2D eigenvalue weighted by Crippen LogP contribution is -2.46. The number of nitrogens with two attached hydrogens (primary N) is 1.